The minimum atomic E-state index is -0.127. The molecule has 0 bridgehead atoms. The highest BCUT2D eigenvalue weighted by Gasteiger charge is 2.40. The molecule has 104 valence electrons. The summed E-state index contributed by atoms with van der Waals surface area (Å²) in [5, 5.41) is 0. The summed E-state index contributed by atoms with van der Waals surface area (Å²) < 4.78 is 13.6. The maximum absolute atomic E-state index is 13.6. The fourth-order valence-corrected chi connectivity index (χ4v) is 3.53. The molecule has 1 aromatic carbocycles. The van der Waals surface area contributed by atoms with E-state index in [0.717, 1.165) is 12.1 Å². The summed E-state index contributed by atoms with van der Waals surface area (Å²) in [5.41, 5.74) is 8.33. The number of hydrogen-bond acceptors (Lipinski definition) is 2. The van der Waals surface area contributed by atoms with Crippen molar-refractivity contribution < 1.29 is 4.39 Å². The highest BCUT2D eigenvalue weighted by molar-refractivity contribution is 5.31. The summed E-state index contributed by atoms with van der Waals surface area (Å²) in [7, 11) is 0. The number of aryl methyl sites for hydroxylation is 1. The van der Waals surface area contributed by atoms with E-state index >= 15 is 0 Å². The average molecular weight is 262 g/mol. The van der Waals surface area contributed by atoms with Gasteiger partial charge in [-0.1, -0.05) is 6.07 Å². The third-order valence-electron chi connectivity index (χ3n) is 4.67. The van der Waals surface area contributed by atoms with Crippen molar-refractivity contribution >= 4 is 0 Å². The molecule has 0 aromatic heterocycles. The molecule has 0 radical (unpaired) electrons. The molecule has 1 aliphatic heterocycles. The molecule has 2 N–H and O–H groups in total. The predicted octanol–water partition coefficient (Wildman–Crippen LogP) is 3.01. The van der Waals surface area contributed by atoms with Crippen LogP contribution in [0.2, 0.25) is 0 Å². The van der Waals surface area contributed by atoms with Crippen LogP contribution in [0.5, 0.6) is 0 Å². The second-order valence-corrected chi connectivity index (χ2v) is 6.05. The van der Waals surface area contributed by atoms with Gasteiger partial charge in [-0.05, 0) is 74.9 Å². The molecule has 3 heteroatoms. The van der Waals surface area contributed by atoms with E-state index in [-0.39, 0.29) is 5.82 Å². The number of halogens is 1. The van der Waals surface area contributed by atoms with Crippen molar-refractivity contribution in [3.8, 4) is 0 Å². The van der Waals surface area contributed by atoms with Crippen molar-refractivity contribution in [2.45, 2.75) is 44.7 Å². The molecule has 1 saturated carbocycles. The fraction of sp³-hybridized carbons (Fsp3) is 0.625. The van der Waals surface area contributed by atoms with Crippen LogP contribution in [0.15, 0.2) is 18.2 Å². The Hall–Kier alpha value is -0.930. The zero-order valence-corrected chi connectivity index (χ0v) is 11.6. The molecule has 2 unspecified atom stereocenters. The summed E-state index contributed by atoms with van der Waals surface area (Å²) in [4.78, 5) is 2.59. The van der Waals surface area contributed by atoms with Crippen LogP contribution in [-0.2, 0) is 0 Å². The number of benzene rings is 1. The summed E-state index contributed by atoms with van der Waals surface area (Å²) in [5.74, 6) is 0.340. The lowest BCUT2D eigenvalue weighted by atomic mass is 9.83. The topological polar surface area (TPSA) is 29.3 Å². The molecular weight excluding hydrogens is 239 g/mol. The van der Waals surface area contributed by atoms with Gasteiger partial charge in [-0.2, -0.15) is 0 Å². The van der Waals surface area contributed by atoms with Gasteiger partial charge in [-0.15, -0.1) is 0 Å². The summed E-state index contributed by atoms with van der Waals surface area (Å²) >= 11 is 0. The van der Waals surface area contributed by atoms with Crippen LogP contribution in [-0.4, -0.2) is 24.0 Å². The van der Waals surface area contributed by atoms with Gasteiger partial charge in [0.2, 0.25) is 0 Å². The van der Waals surface area contributed by atoms with Crippen molar-refractivity contribution in [3.05, 3.63) is 35.1 Å². The minimum Gasteiger partial charge on any atom is -0.330 e. The van der Waals surface area contributed by atoms with Crippen LogP contribution in [0.4, 0.5) is 4.39 Å². The normalized spacial score (nSPS) is 28.6. The molecule has 1 saturated heterocycles. The smallest absolute Gasteiger partial charge is 0.123 e. The van der Waals surface area contributed by atoms with Gasteiger partial charge in [0.25, 0.3) is 0 Å². The van der Waals surface area contributed by atoms with Crippen molar-refractivity contribution in [2.24, 2.45) is 11.7 Å². The van der Waals surface area contributed by atoms with E-state index < -0.39 is 0 Å². The molecule has 2 nitrogen and oxygen atoms in total. The monoisotopic (exact) mass is 262 g/mol. The Labute approximate surface area is 114 Å². The first-order valence-corrected chi connectivity index (χ1v) is 7.42. The second-order valence-electron chi connectivity index (χ2n) is 6.05. The van der Waals surface area contributed by atoms with Crippen molar-refractivity contribution in [3.63, 3.8) is 0 Å². The largest absolute Gasteiger partial charge is 0.330 e. The maximum atomic E-state index is 13.6. The van der Waals surface area contributed by atoms with E-state index in [1.165, 1.54) is 31.2 Å². The van der Waals surface area contributed by atoms with Crippen molar-refractivity contribution in [1.29, 1.82) is 0 Å². The van der Waals surface area contributed by atoms with Crippen molar-refractivity contribution in [2.75, 3.05) is 13.1 Å². The highest BCUT2D eigenvalue weighted by atomic mass is 19.1. The van der Waals surface area contributed by atoms with Crippen molar-refractivity contribution in [1.82, 2.24) is 4.90 Å². The molecule has 0 spiro atoms. The van der Waals surface area contributed by atoms with Gasteiger partial charge >= 0.3 is 0 Å². The summed E-state index contributed by atoms with van der Waals surface area (Å²) in [6.45, 7) is 3.92. The second kappa shape index (κ2) is 5.22. The van der Waals surface area contributed by atoms with Crippen LogP contribution in [0, 0.1) is 18.7 Å². The molecule has 1 heterocycles. The van der Waals surface area contributed by atoms with Gasteiger partial charge < -0.3 is 5.73 Å². The number of hydrogen-bond donors (Lipinski definition) is 1. The third kappa shape index (κ3) is 2.54. The quantitative estimate of drug-likeness (QED) is 0.907. The number of piperidine rings is 1. The van der Waals surface area contributed by atoms with E-state index in [1.54, 1.807) is 12.1 Å². The highest BCUT2D eigenvalue weighted by Crippen LogP contribution is 2.43. The first-order chi connectivity index (χ1) is 9.20. The number of likely N-dealkylation sites (tertiary alicyclic amines) is 1. The van der Waals surface area contributed by atoms with Crippen LogP contribution in [0.25, 0.3) is 0 Å². The van der Waals surface area contributed by atoms with E-state index in [2.05, 4.69) is 11.8 Å². The lowest BCUT2D eigenvalue weighted by molar-refractivity contribution is 0.0873. The number of rotatable bonds is 3. The molecule has 1 aromatic rings. The van der Waals surface area contributed by atoms with Gasteiger partial charge in [0.15, 0.2) is 0 Å². The average Bonchev–Trinajstić information content (AvgIpc) is 3.25. The zero-order valence-electron chi connectivity index (χ0n) is 11.6. The molecule has 1 aliphatic carbocycles. The van der Waals surface area contributed by atoms with Crippen LogP contribution >= 0.6 is 0 Å². The summed E-state index contributed by atoms with van der Waals surface area (Å²) in [6, 6.07) is 6.21. The zero-order chi connectivity index (χ0) is 13.4. The maximum Gasteiger partial charge on any atom is 0.123 e. The lowest BCUT2D eigenvalue weighted by Crippen LogP contribution is -2.43. The third-order valence-corrected chi connectivity index (χ3v) is 4.67. The molecule has 19 heavy (non-hydrogen) atoms. The molecule has 2 fully saturated rings. The first kappa shape index (κ1) is 13.1. The van der Waals surface area contributed by atoms with Gasteiger partial charge in [-0.25, -0.2) is 4.39 Å². The SMILES string of the molecule is Cc1ccc(F)cc1C1C(CN)CCCN1C1CC1. The Balaban J connectivity index is 1.97. The Morgan fingerprint density at radius 3 is 2.79 bits per heavy atom. The Morgan fingerprint density at radius 1 is 1.32 bits per heavy atom. The Bertz CT molecular complexity index is 456. The molecule has 0 amide bonds. The van der Waals surface area contributed by atoms with Gasteiger partial charge in [0, 0.05) is 12.1 Å². The fourth-order valence-electron chi connectivity index (χ4n) is 3.53. The molecule has 2 aliphatic rings. The van der Waals surface area contributed by atoms with Gasteiger partial charge in [-0.3, -0.25) is 4.90 Å². The van der Waals surface area contributed by atoms with E-state index in [4.69, 9.17) is 5.73 Å². The Morgan fingerprint density at radius 2 is 2.11 bits per heavy atom. The van der Waals surface area contributed by atoms with Crippen LogP contribution in [0.1, 0.15) is 42.9 Å². The minimum absolute atomic E-state index is 0.127. The van der Waals surface area contributed by atoms with Gasteiger partial charge in [0.1, 0.15) is 5.82 Å². The van der Waals surface area contributed by atoms with Gasteiger partial charge in [0.05, 0.1) is 0 Å². The molecular formula is C16H23FN2. The first-order valence-electron chi connectivity index (χ1n) is 7.42. The van der Waals surface area contributed by atoms with E-state index in [9.17, 15) is 4.39 Å². The summed E-state index contributed by atoms with van der Waals surface area (Å²) in [6.07, 6.45) is 4.98. The predicted molar refractivity (Wildman–Crippen MR) is 75.4 cm³/mol. The number of nitrogens with two attached hydrogens (primary N) is 1. The molecule has 3 rings (SSSR count). The number of nitrogens with zero attached hydrogens (tertiary/aromatic N) is 1. The lowest BCUT2D eigenvalue weighted by Gasteiger charge is -2.42. The van der Waals surface area contributed by atoms with E-state index in [1.807, 2.05) is 6.07 Å². The van der Waals surface area contributed by atoms with E-state index in [0.29, 0.717) is 24.5 Å². The Kier molecular flexibility index (Phi) is 3.59. The van der Waals surface area contributed by atoms with Crippen LogP contribution in [0.3, 0.4) is 0 Å². The molecule has 2 atom stereocenters. The van der Waals surface area contributed by atoms with Crippen LogP contribution < -0.4 is 5.73 Å². The standard InChI is InChI=1S/C16H23FN2/c1-11-4-5-13(17)9-15(11)16-12(10-18)3-2-8-19(16)14-6-7-14/h4-5,9,12,14,16H,2-3,6-8,10,18H2,1H3.